The largest absolute Gasteiger partial charge is 0.306 e. The maximum Gasteiger partial charge on any atom is 0.208 e. The van der Waals surface area contributed by atoms with E-state index in [1.54, 1.807) is 29.4 Å². The first kappa shape index (κ1) is 15.7. The highest BCUT2D eigenvalue weighted by atomic mass is 32.1. The Bertz CT molecular complexity index is 1240. The molecule has 0 unspecified atom stereocenters. The molecule has 0 aliphatic heterocycles. The Labute approximate surface area is 158 Å². The summed E-state index contributed by atoms with van der Waals surface area (Å²) >= 11 is 1.42. The number of carbonyl (C=O) groups excluding carboxylic acids is 1. The molecule has 27 heavy (non-hydrogen) atoms. The van der Waals surface area contributed by atoms with Gasteiger partial charge in [0.15, 0.2) is 5.65 Å². The molecule has 4 aromatic heterocycles. The van der Waals surface area contributed by atoms with Gasteiger partial charge in [-0.3, -0.25) is 4.79 Å². The fourth-order valence-corrected chi connectivity index (χ4v) is 3.73. The molecule has 5 aromatic rings. The number of nitrogens with zero attached hydrogens (tertiary/aromatic N) is 5. The second-order valence-corrected chi connectivity index (χ2v) is 6.90. The van der Waals surface area contributed by atoms with Gasteiger partial charge in [0, 0.05) is 29.8 Å². The fourth-order valence-electron chi connectivity index (χ4n) is 3.05. The Morgan fingerprint density at radius 2 is 2.04 bits per heavy atom. The summed E-state index contributed by atoms with van der Waals surface area (Å²) in [6.45, 7) is 0. The normalized spacial score (nSPS) is 11.1. The third kappa shape index (κ3) is 2.65. The van der Waals surface area contributed by atoms with E-state index < -0.39 is 0 Å². The summed E-state index contributed by atoms with van der Waals surface area (Å²) in [5.74, 6) is -0.0585. The van der Waals surface area contributed by atoms with Gasteiger partial charge in [-0.15, -0.1) is 11.3 Å². The van der Waals surface area contributed by atoms with Crippen LogP contribution in [0.15, 0.2) is 79.0 Å². The summed E-state index contributed by atoms with van der Waals surface area (Å²) in [6, 6.07) is 13.6. The van der Waals surface area contributed by atoms with Crippen molar-refractivity contribution in [3.8, 4) is 16.9 Å². The molecule has 0 amide bonds. The second-order valence-electron chi connectivity index (χ2n) is 5.95. The maximum absolute atomic E-state index is 12.7. The van der Waals surface area contributed by atoms with Gasteiger partial charge in [-0.05, 0) is 29.6 Å². The Morgan fingerprint density at radius 1 is 1.07 bits per heavy atom. The average molecular weight is 371 g/mol. The lowest BCUT2D eigenvalue weighted by molar-refractivity contribution is 0.104. The quantitative estimate of drug-likeness (QED) is 0.450. The van der Waals surface area contributed by atoms with E-state index in [1.165, 1.54) is 11.3 Å². The molecule has 7 heteroatoms. The summed E-state index contributed by atoms with van der Waals surface area (Å²) < 4.78 is 3.66. The van der Waals surface area contributed by atoms with E-state index in [1.807, 2.05) is 52.5 Å². The fraction of sp³-hybridized carbons (Fsp3) is 0. The topological polar surface area (TPSA) is 65.1 Å². The monoisotopic (exact) mass is 371 g/mol. The highest BCUT2D eigenvalue weighted by molar-refractivity contribution is 7.12. The van der Waals surface area contributed by atoms with Gasteiger partial charge in [0.1, 0.15) is 0 Å². The van der Waals surface area contributed by atoms with Crippen LogP contribution in [-0.4, -0.2) is 29.9 Å². The van der Waals surface area contributed by atoms with Gasteiger partial charge < -0.3 is 4.57 Å². The van der Waals surface area contributed by atoms with Crippen molar-refractivity contribution in [1.82, 2.24) is 24.1 Å². The molecule has 0 bridgehead atoms. The number of hydrogen-bond donors (Lipinski definition) is 0. The predicted octanol–water partition coefficient (Wildman–Crippen LogP) is 3.87. The van der Waals surface area contributed by atoms with Crippen LogP contribution in [0.1, 0.15) is 15.2 Å². The second kappa shape index (κ2) is 6.30. The third-order valence-electron chi connectivity index (χ3n) is 4.34. The van der Waals surface area contributed by atoms with Crippen molar-refractivity contribution in [3.05, 3.63) is 89.4 Å². The minimum Gasteiger partial charge on any atom is -0.306 e. The van der Waals surface area contributed by atoms with E-state index in [0.29, 0.717) is 16.1 Å². The van der Waals surface area contributed by atoms with Crippen LogP contribution in [0.2, 0.25) is 0 Å². The van der Waals surface area contributed by atoms with Crippen molar-refractivity contribution in [2.75, 3.05) is 0 Å². The van der Waals surface area contributed by atoms with Crippen molar-refractivity contribution < 1.29 is 4.79 Å². The van der Waals surface area contributed by atoms with Gasteiger partial charge in [-0.2, -0.15) is 5.10 Å². The number of rotatable bonds is 4. The standard InChI is InChI=1S/C20H13N5OS/c26-19(18-5-2-10-27-18)16-12-23-25-17(6-7-22-20(16)25)14-3-1-4-15(11-14)24-9-8-21-13-24/h1-13H. The average Bonchev–Trinajstić information content (AvgIpc) is 3.49. The van der Waals surface area contributed by atoms with Crippen LogP contribution in [0.4, 0.5) is 0 Å². The minimum absolute atomic E-state index is 0.0585. The van der Waals surface area contributed by atoms with Gasteiger partial charge in [-0.1, -0.05) is 18.2 Å². The minimum atomic E-state index is -0.0585. The number of imidazole rings is 1. The third-order valence-corrected chi connectivity index (χ3v) is 5.20. The van der Waals surface area contributed by atoms with Gasteiger partial charge in [0.2, 0.25) is 5.78 Å². The Hall–Kier alpha value is -3.58. The molecule has 0 atom stereocenters. The van der Waals surface area contributed by atoms with Crippen LogP contribution in [-0.2, 0) is 0 Å². The first-order chi connectivity index (χ1) is 13.3. The highest BCUT2D eigenvalue weighted by Gasteiger charge is 2.18. The number of benzene rings is 1. The molecular weight excluding hydrogens is 358 g/mol. The molecule has 0 spiro atoms. The molecule has 0 saturated carbocycles. The van der Waals surface area contributed by atoms with Gasteiger partial charge in [0.05, 0.1) is 28.7 Å². The first-order valence-corrected chi connectivity index (χ1v) is 9.19. The smallest absolute Gasteiger partial charge is 0.208 e. The Balaban J connectivity index is 1.63. The molecule has 130 valence electrons. The van der Waals surface area contributed by atoms with Crippen LogP contribution in [0.3, 0.4) is 0 Å². The van der Waals surface area contributed by atoms with E-state index >= 15 is 0 Å². The molecule has 0 fully saturated rings. The van der Waals surface area contributed by atoms with Crippen molar-refractivity contribution >= 4 is 22.8 Å². The summed E-state index contributed by atoms with van der Waals surface area (Å²) in [6.07, 6.45) is 8.70. The van der Waals surface area contributed by atoms with Gasteiger partial charge in [0.25, 0.3) is 0 Å². The summed E-state index contributed by atoms with van der Waals surface area (Å²) in [7, 11) is 0. The summed E-state index contributed by atoms with van der Waals surface area (Å²) in [5.41, 5.74) is 3.90. The van der Waals surface area contributed by atoms with E-state index in [2.05, 4.69) is 21.1 Å². The summed E-state index contributed by atoms with van der Waals surface area (Å²) in [4.78, 5) is 21.9. The SMILES string of the molecule is O=C(c1cccs1)c1cnn2c(-c3cccc(-n4ccnc4)c3)ccnc12. The summed E-state index contributed by atoms with van der Waals surface area (Å²) in [5, 5.41) is 6.33. The lowest BCUT2D eigenvalue weighted by Crippen LogP contribution is -2.01. The van der Waals surface area contributed by atoms with Crippen LogP contribution in [0.25, 0.3) is 22.6 Å². The van der Waals surface area contributed by atoms with E-state index in [-0.39, 0.29) is 5.78 Å². The number of ketones is 1. The van der Waals surface area contributed by atoms with Crippen LogP contribution in [0.5, 0.6) is 0 Å². The number of thiophene rings is 1. The van der Waals surface area contributed by atoms with E-state index in [4.69, 9.17) is 0 Å². The lowest BCUT2D eigenvalue weighted by atomic mass is 10.1. The molecular formula is C20H13N5OS. The Kier molecular flexibility index (Phi) is 3.65. The molecule has 0 saturated heterocycles. The van der Waals surface area contributed by atoms with Crippen molar-refractivity contribution in [2.24, 2.45) is 0 Å². The van der Waals surface area contributed by atoms with Gasteiger partial charge in [-0.25, -0.2) is 14.5 Å². The van der Waals surface area contributed by atoms with Crippen LogP contribution in [0, 0.1) is 0 Å². The lowest BCUT2D eigenvalue weighted by Gasteiger charge is -2.08. The van der Waals surface area contributed by atoms with Crippen LogP contribution < -0.4 is 0 Å². The Morgan fingerprint density at radius 3 is 2.85 bits per heavy atom. The number of fused-ring (bicyclic) bond motifs is 1. The predicted molar refractivity (Wildman–Crippen MR) is 103 cm³/mol. The number of hydrogen-bond acceptors (Lipinski definition) is 5. The highest BCUT2D eigenvalue weighted by Crippen LogP contribution is 2.25. The van der Waals surface area contributed by atoms with Crippen molar-refractivity contribution in [3.63, 3.8) is 0 Å². The number of carbonyl (C=O) groups is 1. The van der Waals surface area contributed by atoms with Crippen molar-refractivity contribution in [2.45, 2.75) is 0 Å². The van der Waals surface area contributed by atoms with E-state index in [0.717, 1.165) is 16.9 Å². The molecule has 0 aliphatic rings. The van der Waals surface area contributed by atoms with Crippen LogP contribution >= 0.6 is 11.3 Å². The molecule has 5 rings (SSSR count). The molecule has 1 aromatic carbocycles. The van der Waals surface area contributed by atoms with Crippen molar-refractivity contribution in [1.29, 1.82) is 0 Å². The molecule has 0 aliphatic carbocycles. The van der Waals surface area contributed by atoms with Gasteiger partial charge >= 0.3 is 0 Å². The maximum atomic E-state index is 12.7. The number of aromatic nitrogens is 5. The van der Waals surface area contributed by atoms with E-state index in [9.17, 15) is 4.79 Å². The zero-order valence-corrected chi connectivity index (χ0v) is 14.9. The first-order valence-electron chi connectivity index (χ1n) is 8.31. The molecule has 0 radical (unpaired) electrons. The zero-order valence-electron chi connectivity index (χ0n) is 14.1. The zero-order chi connectivity index (χ0) is 18.2. The molecule has 4 heterocycles. The molecule has 6 nitrogen and oxygen atoms in total. The molecule has 0 N–H and O–H groups in total.